The Bertz CT molecular complexity index is 375. The lowest BCUT2D eigenvalue weighted by Gasteiger charge is -2.18. The largest absolute Gasteiger partial charge is 0.445 e. The molecule has 1 amide bonds. The number of carbonyl (C=O) groups excluding carboxylic acids is 1. The van der Waals surface area contributed by atoms with E-state index in [1.165, 1.54) is 0 Å². The van der Waals surface area contributed by atoms with E-state index in [1.54, 1.807) is 12.0 Å². The molecule has 4 nitrogen and oxygen atoms in total. The Morgan fingerprint density at radius 1 is 1.17 bits per heavy atom. The minimum atomic E-state index is -0.267. The van der Waals surface area contributed by atoms with E-state index in [0.29, 0.717) is 26.3 Å². The van der Waals surface area contributed by atoms with Crippen molar-refractivity contribution < 1.29 is 14.3 Å². The number of hydrogen-bond donors (Lipinski definition) is 0. The van der Waals surface area contributed by atoms with Crippen LogP contribution in [0.25, 0.3) is 0 Å². The molecule has 1 aromatic carbocycles. The van der Waals surface area contributed by atoms with E-state index in [-0.39, 0.29) is 6.09 Å². The molecule has 0 fully saturated rings. The molecule has 4 heteroatoms. The zero-order chi connectivity index (χ0) is 13.4. The van der Waals surface area contributed by atoms with Crippen LogP contribution in [0.15, 0.2) is 24.3 Å². The molecule has 0 unspecified atom stereocenters. The van der Waals surface area contributed by atoms with Crippen LogP contribution in [0.5, 0.6) is 0 Å². The number of methoxy groups -OCH3 is 1. The van der Waals surface area contributed by atoms with Crippen molar-refractivity contribution in [1.82, 2.24) is 4.90 Å². The highest BCUT2D eigenvalue weighted by molar-refractivity contribution is 5.67. The summed E-state index contributed by atoms with van der Waals surface area (Å²) in [7, 11) is 1.66. The van der Waals surface area contributed by atoms with Gasteiger partial charge in [-0.05, 0) is 25.0 Å². The second-order valence-electron chi connectivity index (χ2n) is 3.98. The summed E-state index contributed by atoms with van der Waals surface area (Å²) in [5, 5.41) is 0. The maximum absolute atomic E-state index is 11.7. The Labute approximate surface area is 108 Å². The first-order valence-corrected chi connectivity index (χ1v) is 6.19. The van der Waals surface area contributed by atoms with Crippen molar-refractivity contribution in [1.29, 1.82) is 0 Å². The van der Waals surface area contributed by atoms with Gasteiger partial charge in [-0.15, -0.1) is 0 Å². The standard InChI is InChI=1S/C14H21NO3/c1-4-15(5-2)14(16)18-11-13-8-6-7-12(9-13)10-17-3/h6-9H,4-5,10-11H2,1-3H3. The Balaban J connectivity index is 2.52. The first-order chi connectivity index (χ1) is 8.71. The van der Waals surface area contributed by atoms with Crippen LogP contribution in [0, 0.1) is 0 Å². The lowest BCUT2D eigenvalue weighted by Crippen LogP contribution is -2.30. The molecule has 0 atom stereocenters. The summed E-state index contributed by atoms with van der Waals surface area (Å²) in [6.45, 7) is 6.07. The van der Waals surface area contributed by atoms with Gasteiger partial charge in [0.2, 0.25) is 0 Å². The van der Waals surface area contributed by atoms with Crippen LogP contribution in [-0.4, -0.2) is 31.2 Å². The second kappa shape index (κ2) is 7.71. The molecule has 0 aliphatic carbocycles. The van der Waals surface area contributed by atoms with Gasteiger partial charge in [0.05, 0.1) is 6.61 Å². The fraction of sp³-hybridized carbons (Fsp3) is 0.500. The molecule has 0 saturated carbocycles. The van der Waals surface area contributed by atoms with Gasteiger partial charge >= 0.3 is 6.09 Å². The predicted molar refractivity (Wildman–Crippen MR) is 70.3 cm³/mol. The normalized spacial score (nSPS) is 10.2. The van der Waals surface area contributed by atoms with Crippen molar-refractivity contribution in [2.75, 3.05) is 20.2 Å². The quantitative estimate of drug-likeness (QED) is 0.780. The third kappa shape index (κ3) is 4.37. The molecule has 0 bridgehead atoms. The fourth-order valence-corrected chi connectivity index (χ4v) is 1.69. The van der Waals surface area contributed by atoms with Gasteiger partial charge in [-0.2, -0.15) is 0 Å². The topological polar surface area (TPSA) is 38.8 Å². The molecular formula is C14H21NO3. The Morgan fingerprint density at radius 3 is 2.33 bits per heavy atom. The number of benzene rings is 1. The van der Waals surface area contributed by atoms with Crippen LogP contribution >= 0.6 is 0 Å². The summed E-state index contributed by atoms with van der Waals surface area (Å²) < 4.78 is 10.3. The van der Waals surface area contributed by atoms with Crippen LogP contribution in [0.4, 0.5) is 4.79 Å². The van der Waals surface area contributed by atoms with Crippen LogP contribution in [0.2, 0.25) is 0 Å². The van der Waals surface area contributed by atoms with Gasteiger partial charge in [-0.1, -0.05) is 24.3 Å². The summed E-state index contributed by atoms with van der Waals surface area (Å²) >= 11 is 0. The Morgan fingerprint density at radius 2 is 1.78 bits per heavy atom. The maximum Gasteiger partial charge on any atom is 0.410 e. The number of ether oxygens (including phenoxy) is 2. The molecule has 1 aromatic rings. The minimum absolute atomic E-state index is 0.267. The molecule has 0 aliphatic rings. The van der Waals surface area contributed by atoms with Crippen LogP contribution in [0.1, 0.15) is 25.0 Å². The molecule has 0 saturated heterocycles. The molecule has 100 valence electrons. The molecule has 0 spiro atoms. The monoisotopic (exact) mass is 251 g/mol. The van der Waals surface area contributed by atoms with Crippen molar-refractivity contribution in [3.8, 4) is 0 Å². The number of nitrogens with zero attached hydrogens (tertiary/aromatic N) is 1. The average molecular weight is 251 g/mol. The highest BCUT2D eigenvalue weighted by Crippen LogP contribution is 2.08. The molecule has 0 radical (unpaired) electrons. The number of amides is 1. The first kappa shape index (κ1) is 14.5. The van der Waals surface area contributed by atoms with Crippen molar-refractivity contribution in [3.63, 3.8) is 0 Å². The summed E-state index contributed by atoms with van der Waals surface area (Å²) in [6, 6.07) is 7.85. The van der Waals surface area contributed by atoms with Crippen LogP contribution in [0.3, 0.4) is 0 Å². The summed E-state index contributed by atoms with van der Waals surface area (Å²) in [5.41, 5.74) is 2.05. The zero-order valence-corrected chi connectivity index (χ0v) is 11.3. The minimum Gasteiger partial charge on any atom is -0.445 e. The summed E-state index contributed by atoms with van der Waals surface area (Å²) in [5.74, 6) is 0. The average Bonchev–Trinajstić information content (AvgIpc) is 2.39. The van der Waals surface area contributed by atoms with Crippen molar-refractivity contribution >= 4 is 6.09 Å². The van der Waals surface area contributed by atoms with Crippen LogP contribution in [-0.2, 0) is 22.7 Å². The fourth-order valence-electron chi connectivity index (χ4n) is 1.69. The zero-order valence-electron chi connectivity index (χ0n) is 11.3. The SMILES string of the molecule is CCN(CC)C(=O)OCc1cccc(COC)c1. The maximum atomic E-state index is 11.7. The molecule has 0 N–H and O–H groups in total. The Kier molecular flexibility index (Phi) is 6.22. The first-order valence-electron chi connectivity index (χ1n) is 6.19. The van der Waals surface area contributed by atoms with E-state index in [2.05, 4.69) is 0 Å². The smallest absolute Gasteiger partial charge is 0.410 e. The predicted octanol–water partition coefficient (Wildman–Crippen LogP) is 2.81. The van der Waals surface area contributed by atoms with Gasteiger partial charge in [-0.3, -0.25) is 0 Å². The molecular weight excluding hydrogens is 230 g/mol. The molecule has 0 heterocycles. The lowest BCUT2D eigenvalue weighted by molar-refractivity contribution is 0.0998. The van der Waals surface area contributed by atoms with E-state index >= 15 is 0 Å². The third-order valence-corrected chi connectivity index (χ3v) is 2.69. The summed E-state index contributed by atoms with van der Waals surface area (Å²) in [4.78, 5) is 13.3. The highest BCUT2D eigenvalue weighted by atomic mass is 16.6. The van der Waals surface area contributed by atoms with Crippen LogP contribution < -0.4 is 0 Å². The Hall–Kier alpha value is -1.55. The summed E-state index contributed by atoms with van der Waals surface area (Å²) in [6.07, 6.45) is -0.267. The van der Waals surface area contributed by atoms with E-state index in [9.17, 15) is 4.79 Å². The van der Waals surface area contributed by atoms with E-state index in [0.717, 1.165) is 11.1 Å². The molecule has 18 heavy (non-hydrogen) atoms. The van der Waals surface area contributed by atoms with Gasteiger partial charge in [0.15, 0.2) is 0 Å². The number of hydrogen-bond acceptors (Lipinski definition) is 3. The van der Waals surface area contributed by atoms with Crippen molar-refractivity contribution in [2.45, 2.75) is 27.1 Å². The number of rotatable bonds is 6. The van der Waals surface area contributed by atoms with E-state index < -0.39 is 0 Å². The van der Waals surface area contributed by atoms with Gasteiger partial charge < -0.3 is 14.4 Å². The van der Waals surface area contributed by atoms with E-state index in [1.807, 2.05) is 38.1 Å². The van der Waals surface area contributed by atoms with Gasteiger partial charge in [0.1, 0.15) is 6.61 Å². The third-order valence-electron chi connectivity index (χ3n) is 2.69. The van der Waals surface area contributed by atoms with Gasteiger partial charge in [0.25, 0.3) is 0 Å². The van der Waals surface area contributed by atoms with Crippen molar-refractivity contribution in [3.05, 3.63) is 35.4 Å². The molecule has 0 aromatic heterocycles. The van der Waals surface area contributed by atoms with E-state index in [4.69, 9.17) is 9.47 Å². The highest BCUT2D eigenvalue weighted by Gasteiger charge is 2.10. The molecule has 0 aliphatic heterocycles. The lowest BCUT2D eigenvalue weighted by atomic mass is 10.1. The van der Waals surface area contributed by atoms with Gasteiger partial charge in [0, 0.05) is 20.2 Å². The molecule has 1 rings (SSSR count). The van der Waals surface area contributed by atoms with Crippen molar-refractivity contribution in [2.24, 2.45) is 0 Å². The number of carbonyl (C=O) groups is 1. The van der Waals surface area contributed by atoms with Gasteiger partial charge in [-0.25, -0.2) is 4.79 Å². The second-order valence-corrected chi connectivity index (χ2v) is 3.98.